The number of nitrogens with one attached hydrogen (secondary N) is 1. The molecular weight excluding hydrogens is 497 g/mol. The molecule has 0 radical (unpaired) electrons. The van der Waals surface area contributed by atoms with Crippen LogP contribution in [0.2, 0.25) is 0 Å². The lowest BCUT2D eigenvalue weighted by Crippen LogP contribution is -2.38. The molecule has 0 unspecified atom stereocenters. The number of fused-ring (bicyclic) bond motifs is 3. The number of aryl methyl sites for hydroxylation is 1. The van der Waals surface area contributed by atoms with Gasteiger partial charge in [0.2, 0.25) is 0 Å². The Morgan fingerprint density at radius 3 is 2.45 bits per heavy atom. The average molecular weight is 524 g/mol. The number of benzene rings is 3. The second-order valence-electron chi connectivity index (χ2n) is 9.15. The van der Waals surface area contributed by atoms with E-state index in [-0.39, 0.29) is 11.7 Å². The fourth-order valence-electron chi connectivity index (χ4n) is 5.04. The summed E-state index contributed by atoms with van der Waals surface area (Å²) in [5.74, 6) is 0.411. The molecule has 0 fully saturated rings. The van der Waals surface area contributed by atoms with E-state index in [2.05, 4.69) is 34.1 Å². The number of rotatable bonds is 4. The normalized spacial score (nSPS) is 14.5. The van der Waals surface area contributed by atoms with Crippen molar-refractivity contribution in [3.63, 3.8) is 0 Å². The largest absolute Gasteiger partial charge is 0.323 e. The number of amides is 2. The van der Waals surface area contributed by atoms with Gasteiger partial charge in [-0.3, -0.25) is 0 Å². The summed E-state index contributed by atoms with van der Waals surface area (Å²) in [6, 6.07) is 27.7. The summed E-state index contributed by atoms with van der Waals surface area (Å²) in [7, 11) is 0. The van der Waals surface area contributed by atoms with E-state index in [1.165, 1.54) is 6.07 Å². The first-order valence-corrected chi connectivity index (χ1v) is 13.6. The first-order valence-electron chi connectivity index (χ1n) is 12.3. The molecule has 6 rings (SSSR count). The van der Waals surface area contributed by atoms with Crippen molar-refractivity contribution >= 4 is 23.5 Å². The van der Waals surface area contributed by atoms with Gasteiger partial charge in [0.05, 0.1) is 35.3 Å². The zero-order chi connectivity index (χ0) is 26.2. The number of halogens is 1. The van der Waals surface area contributed by atoms with Gasteiger partial charge in [-0.25, -0.2) is 13.9 Å². The highest BCUT2D eigenvalue weighted by Crippen LogP contribution is 2.39. The van der Waals surface area contributed by atoms with Crippen LogP contribution in [0.3, 0.4) is 0 Å². The Hall–Kier alpha value is -4.30. The Kier molecular flexibility index (Phi) is 6.25. The highest BCUT2D eigenvalue weighted by atomic mass is 32.2. The third-order valence-electron chi connectivity index (χ3n) is 6.89. The van der Waals surface area contributed by atoms with Gasteiger partial charge in [-0.05, 0) is 67.3 Å². The molecule has 0 saturated carbocycles. The van der Waals surface area contributed by atoms with Gasteiger partial charge in [0, 0.05) is 16.7 Å². The molecule has 0 saturated heterocycles. The summed E-state index contributed by atoms with van der Waals surface area (Å²) < 4.78 is 18.6. The van der Waals surface area contributed by atoms with Gasteiger partial charge in [0.1, 0.15) is 11.6 Å². The molecule has 2 aromatic heterocycles. The number of urea groups is 1. The lowest BCUT2D eigenvalue weighted by atomic mass is 10.0. The molecular formula is C30H26FN5OS. The van der Waals surface area contributed by atoms with Crippen LogP contribution in [-0.4, -0.2) is 31.5 Å². The first-order chi connectivity index (χ1) is 18.5. The molecule has 6 nitrogen and oxygen atoms in total. The van der Waals surface area contributed by atoms with Crippen LogP contribution in [0.1, 0.15) is 28.6 Å². The summed E-state index contributed by atoms with van der Waals surface area (Å²) >= 11 is 1.67. The molecule has 1 atom stereocenters. The molecule has 1 aliphatic rings. The van der Waals surface area contributed by atoms with Gasteiger partial charge in [-0.15, -0.1) is 11.8 Å². The van der Waals surface area contributed by atoms with E-state index in [4.69, 9.17) is 5.10 Å². The van der Waals surface area contributed by atoms with Gasteiger partial charge in [0.15, 0.2) is 0 Å². The lowest BCUT2D eigenvalue weighted by molar-refractivity contribution is 0.194. The molecule has 1 N–H and O–H groups in total. The van der Waals surface area contributed by atoms with Crippen LogP contribution in [0.4, 0.5) is 14.9 Å². The third kappa shape index (κ3) is 4.16. The van der Waals surface area contributed by atoms with Crippen molar-refractivity contribution in [3.05, 3.63) is 126 Å². The molecule has 3 heterocycles. The van der Waals surface area contributed by atoms with Crippen LogP contribution in [0, 0.1) is 12.7 Å². The average Bonchev–Trinajstić information content (AvgIpc) is 3.51. The number of anilines is 1. The molecule has 0 aliphatic carbocycles. The maximum absolute atomic E-state index is 14.5. The van der Waals surface area contributed by atoms with Gasteiger partial charge in [-0.2, -0.15) is 5.10 Å². The van der Waals surface area contributed by atoms with Gasteiger partial charge in [0.25, 0.3) is 0 Å². The standard InChI is InChI=1S/C30H26FN5OS/c1-20-24-19-35(30(37)32-26-12-7-6-11-25(26)31)28(21-14-16-23(38-2)17-15-21)27-13-8-18-34(27)29(24)36(33-20)22-9-4-3-5-10-22/h3-18,28H,19H2,1-2H3,(H,32,37)/t28-/m1/s1. The van der Waals surface area contributed by atoms with Gasteiger partial charge in [-0.1, -0.05) is 42.5 Å². The van der Waals surface area contributed by atoms with Gasteiger partial charge < -0.3 is 14.8 Å². The predicted octanol–water partition coefficient (Wildman–Crippen LogP) is 6.97. The molecule has 190 valence electrons. The van der Waals surface area contributed by atoms with Crippen molar-refractivity contribution in [1.29, 1.82) is 0 Å². The number of aromatic nitrogens is 3. The van der Waals surface area contributed by atoms with Crippen molar-refractivity contribution < 1.29 is 9.18 Å². The van der Waals surface area contributed by atoms with Crippen LogP contribution in [0.25, 0.3) is 11.5 Å². The van der Waals surface area contributed by atoms with E-state index in [1.807, 2.05) is 66.5 Å². The monoisotopic (exact) mass is 523 g/mol. The van der Waals surface area contributed by atoms with E-state index in [0.29, 0.717) is 6.54 Å². The topological polar surface area (TPSA) is 55.1 Å². The third-order valence-corrected chi connectivity index (χ3v) is 7.64. The fraction of sp³-hybridized carbons (Fsp3) is 0.133. The molecule has 0 bridgehead atoms. The Labute approximate surface area is 224 Å². The van der Waals surface area contributed by atoms with Crippen LogP contribution in [0.5, 0.6) is 0 Å². The molecule has 0 spiro atoms. The summed E-state index contributed by atoms with van der Waals surface area (Å²) in [4.78, 5) is 16.8. The fourth-order valence-corrected chi connectivity index (χ4v) is 5.44. The van der Waals surface area contributed by atoms with Gasteiger partial charge >= 0.3 is 6.03 Å². The Balaban J connectivity index is 1.53. The Morgan fingerprint density at radius 1 is 0.974 bits per heavy atom. The zero-order valence-electron chi connectivity index (χ0n) is 21.0. The number of carbonyl (C=O) groups excluding carboxylic acids is 1. The number of thioether (sulfide) groups is 1. The van der Waals surface area contributed by atoms with E-state index in [9.17, 15) is 9.18 Å². The minimum Gasteiger partial charge on any atom is -0.307 e. The van der Waals surface area contributed by atoms with E-state index in [1.54, 1.807) is 34.9 Å². The number of carbonyl (C=O) groups is 1. The predicted molar refractivity (Wildman–Crippen MR) is 149 cm³/mol. The number of hydrogen-bond acceptors (Lipinski definition) is 3. The maximum atomic E-state index is 14.5. The van der Waals surface area contributed by atoms with Crippen molar-refractivity contribution in [3.8, 4) is 11.5 Å². The molecule has 3 aromatic carbocycles. The van der Waals surface area contributed by atoms with E-state index in [0.717, 1.165) is 38.9 Å². The number of nitrogens with zero attached hydrogens (tertiary/aromatic N) is 4. The summed E-state index contributed by atoms with van der Waals surface area (Å²) in [6.07, 6.45) is 4.05. The molecule has 2 amide bonds. The Morgan fingerprint density at radius 2 is 1.71 bits per heavy atom. The minimum atomic E-state index is -0.478. The van der Waals surface area contributed by atoms with Crippen LogP contribution >= 0.6 is 11.8 Å². The minimum absolute atomic E-state index is 0.144. The van der Waals surface area contributed by atoms with Crippen LogP contribution < -0.4 is 5.32 Å². The number of hydrogen-bond donors (Lipinski definition) is 1. The number of para-hydroxylation sites is 2. The second-order valence-corrected chi connectivity index (χ2v) is 10.0. The zero-order valence-corrected chi connectivity index (χ0v) is 21.8. The second kappa shape index (κ2) is 9.87. The summed E-state index contributed by atoms with van der Waals surface area (Å²) in [5, 5.41) is 7.68. The quantitative estimate of drug-likeness (QED) is 0.259. The first kappa shape index (κ1) is 24.1. The molecule has 38 heavy (non-hydrogen) atoms. The summed E-state index contributed by atoms with van der Waals surface area (Å²) in [5.41, 5.74) is 4.71. The van der Waals surface area contributed by atoms with Crippen molar-refractivity contribution in [2.75, 3.05) is 11.6 Å². The maximum Gasteiger partial charge on any atom is 0.323 e. The Bertz CT molecular complexity index is 1610. The van der Waals surface area contributed by atoms with Crippen LogP contribution in [0.15, 0.2) is 102 Å². The molecule has 8 heteroatoms. The molecule has 5 aromatic rings. The van der Waals surface area contributed by atoms with Crippen molar-refractivity contribution in [1.82, 2.24) is 19.2 Å². The summed E-state index contributed by atoms with van der Waals surface area (Å²) in [6.45, 7) is 2.26. The van der Waals surface area contributed by atoms with Crippen molar-refractivity contribution in [2.45, 2.75) is 24.4 Å². The highest BCUT2D eigenvalue weighted by Gasteiger charge is 2.36. The van der Waals surface area contributed by atoms with Crippen LogP contribution in [-0.2, 0) is 6.54 Å². The smallest absolute Gasteiger partial charge is 0.307 e. The lowest BCUT2D eigenvalue weighted by Gasteiger charge is -2.31. The van der Waals surface area contributed by atoms with E-state index < -0.39 is 11.9 Å². The van der Waals surface area contributed by atoms with Crippen molar-refractivity contribution in [2.24, 2.45) is 0 Å². The molecule has 1 aliphatic heterocycles. The SMILES string of the molecule is CSc1ccc([C@@H]2c3cccn3-c3c(c(C)nn3-c3ccccc3)CN2C(=O)Nc2ccccc2F)cc1. The highest BCUT2D eigenvalue weighted by molar-refractivity contribution is 7.98. The van der Waals surface area contributed by atoms with E-state index >= 15 is 0 Å².